The molecule has 1 N–H and O–H groups in total. The molecule has 7 aliphatic rings. The van der Waals surface area contributed by atoms with Crippen molar-refractivity contribution in [1.82, 2.24) is 0 Å². The lowest BCUT2D eigenvalue weighted by atomic mass is 9.32. The van der Waals surface area contributed by atoms with Crippen LogP contribution in [0.15, 0.2) is 11.1 Å². The zero-order valence-electron chi connectivity index (χ0n) is 17.7. The Morgan fingerprint density at radius 3 is 2.00 bits per heavy atom. The number of ether oxygens (including phenoxy) is 1. The summed E-state index contributed by atoms with van der Waals surface area (Å²) in [6.45, 7) is 10.6. The second-order valence-corrected chi connectivity index (χ2v) is 12.1. The minimum atomic E-state index is -0.450. The first-order valence-electron chi connectivity index (χ1n) is 11.2. The van der Waals surface area contributed by atoms with Gasteiger partial charge in [0.05, 0.1) is 5.60 Å². The number of rotatable bonds is 3. The van der Waals surface area contributed by atoms with E-state index in [0.717, 1.165) is 43.3 Å². The van der Waals surface area contributed by atoms with Crippen LogP contribution in [0.5, 0.6) is 0 Å². The van der Waals surface area contributed by atoms with Gasteiger partial charge >= 0.3 is 5.97 Å². The standard InChI is InChI=1S/C24H36O3/c1-13(2)16(12-22(3,4)5)21(25)27-24-11-15-6-17-19(24)8-14-9-20(24)18(7-15)23(17,26)10-14/h14-15,17-20,26H,6-12H2,1-5H3. The highest BCUT2D eigenvalue weighted by molar-refractivity contribution is 5.89. The predicted molar refractivity (Wildman–Crippen MR) is 105 cm³/mol. The summed E-state index contributed by atoms with van der Waals surface area (Å²) in [7, 11) is 0. The SMILES string of the molecule is CC(C)=C(CC(C)(C)C)C(=O)OC12CC3CC4C1CC1CC2C(C3)C4(O)C1. The highest BCUT2D eigenvalue weighted by atomic mass is 16.6. The number of esters is 1. The van der Waals surface area contributed by atoms with Crippen molar-refractivity contribution in [3.05, 3.63) is 11.1 Å². The molecule has 4 atom stereocenters. The first-order valence-corrected chi connectivity index (χ1v) is 11.2. The molecule has 0 aromatic rings. The normalized spacial score (nSPS) is 48.8. The van der Waals surface area contributed by atoms with Gasteiger partial charge < -0.3 is 9.84 Å². The summed E-state index contributed by atoms with van der Waals surface area (Å²) in [5.74, 6) is 2.75. The number of carbonyl (C=O) groups is 1. The lowest BCUT2D eigenvalue weighted by Gasteiger charge is -2.75. The fraction of sp³-hybridized carbons (Fsp3) is 0.875. The van der Waals surface area contributed by atoms with Crippen LogP contribution in [0.4, 0.5) is 0 Å². The Kier molecular flexibility index (Phi) is 3.64. The number of hydrogen-bond donors (Lipinski definition) is 1. The van der Waals surface area contributed by atoms with E-state index in [2.05, 4.69) is 20.8 Å². The third-order valence-electron chi connectivity index (χ3n) is 8.92. The van der Waals surface area contributed by atoms with Gasteiger partial charge in [-0.15, -0.1) is 0 Å². The van der Waals surface area contributed by atoms with E-state index in [-0.39, 0.29) is 17.0 Å². The van der Waals surface area contributed by atoms with E-state index in [1.54, 1.807) is 0 Å². The topological polar surface area (TPSA) is 46.5 Å². The number of hydrogen-bond acceptors (Lipinski definition) is 3. The van der Waals surface area contributed by atoms with Crippen molar-refractivity contribution in [1.29, 1.82) is 0 Å². The predicted octanol–water partition coefficient (Wildman–Crippen LogP) is 4.88. The van der Waals surface area contributed by atoms with E-state index in [4.69, 9.17) is 4.74 Å². The molecule has 7 fully saturated rings. The maximum Gasteiger partial charge on any atom is 0.334 e. The van der Waals surface area contributed by atoms with Crippen molar-refractivity contribution in [3.8, 4) is 0 Å². The van der Waals surface area contributed by atoms with Crippen LogP contribution < -0.4 is 0 Å². The first-order chi connectivity index (χ1) is 12.5. The minimum Gasteiger partial charge on any atom is -0.455 e. The molecule has 0 amide bonds. The van der Waals surface area contributed by atoms with Gasteiger partial charge in [0.15, 0.2) is 0 Å². The average Bonchev–Trinajstić information content (AvgIpc) is 2.55. The zero-order chi connectivity index (χ0) is 19.4. The van der Waals surface area contributed by atoms with Gasteiger partial charge in [-0.25, -0.2) is 4.79 Å². The van der Waals surface area contributed by atoms with Crippen LogP contribution in [0.3, 0.4) is 0 Å². The van der Waals surface area contributed by atoms with Gasteiger partial charge in [-0.2, -0.15) is 0 Å². The van der Waals surface area contributed by atoms with Crippen molar-refractivity contribution >= 4 is 5.97 Å². The first kappa shape index (κ1) is 18.2. The van der Waals surface area contributed by atoms with Gasteiger partial charge in [0.2, 0.25) is 0 Å². The minimum absolute atomic E-state index is 0.0653. The molecule has 27 heavy (non-hydrogen) atoms. The largest absolute Gasteiger partial charge is 0.455 e. The number of allylic oxidation sites excluding steroid dienone is 1. The quantitative estimate of drug-likeness (QED) is 0.567. The highest BCUT2D eigenvalue weighted by Crippen LogP contribution is 2.74. The molecule has 4 unspecified atom stereocenters. The fourth-order valence-electron chi connectivity index (χ4n) is 8.28. The molecule has 7 aliphatic carbocycles. The van der Waals surface area contributed by atoms with Crippen LogP contribution in [-0.4, -0.2) is 22.3 Å². The molecule has 0 aromatic carbocycles. The smallest absolute Gasteiger partial charge is 0.334 e. The van der Waals surface area contributed by atoms with Crippen molar-refractivity contribution in [2.24, 2.45) is 40.9 Å². The number of carbonyl (C=O) groups excluding carboxylic acids is 1. The fourth-order valence-corrected chi connectivity index (χ4v) is 8.28. The summed E-state index contributed by atoms with van der Waals surface area (Å²) >= 11 is 0. The Morgan fingerprint density at radius 1 is 0.963 bits per heavy atom. The van der Waals surface area contributed by atoms with Crippen LogP contribution in [0, 0.1) is 40.9 Å². The average molecular weight is 373 g/mol. The molecule has 8 bridgehead atoms. The Morgan fingerprint density at radius 2 is 1.48 bits per heavy atom. The molecule has 0 spiro atoms. The van der Waals surface area contributed by atoms with Crippen LogP contribution in [0.2, 0.25) is 0 Å². The monoisotopic (exact) mass is 372 g/mol. The summed E-state index contributed by atoms with van der Waals surface area (Å²) in [6.07, 6.45) is 7.48. The molecule has 0 aliphatic heterocycles. The van der Waals surface area contributed by atoms with E-state index in [0.29, 0.717) is 35.5 Å². The lowest BCUT2D eigenvalue weighted by molar-refractivity contribution is -0.343. The molecular formula is C24H36O3. The maximum atomic E-state index is 13.4. The molecule has 0 radical (unpaired) electrons. The summed E-state index contributed by atoms with van der Waals surface area (Å²) in [5.41, 5.74) is 1.30. The maximum absolute atomic E-state index is 13.4. The van der Waals surface area contributed by atoms with Crippen molar-refractivity contribution in [2.45, 2.75) is 90.8 Å². The lowest BCUT2D eigenvalue weighted by Crippen LogP contribution is -2.78. The van der Waals surface area contributed by atoms with Gasteiger partial charge in [0.1, 0.15) is 5.60 Å². The van der Waals surface area contributed by atoms with Crippen molar-refractivity contribution in [3.63, 3.8) is 0 Å². The van der Waals surface area contributed by atoms with E-state index < -0.39 is 5.60 Å². The Labute approximate surface area is 163 Å². The van der Waals surface area contributed by atoms with Crippen molar-refractivity contribution in [2.75, 3.05) is 0 Å². The second-order valence-electron chi connectivity index (χ2n) is 12.1. The summed E-state index contributed by atoms with van der Waals surface area (Å²) in [6, 6.07) is 0. The van der Waals surface area contributed by atoms with Gasteiger partial charge in [0.25, 0.3) is 0 Å². The zero-order valence-corrected chi connectivity index (χ0v) is 17.7. The van der Waals surface area contributed by atoms with Crippen LogP contribution in [-0.2, 0) is 9.53 Å². The third kappa shape index (κ3) is 2.39. The molecule has 7 saturated carbocycles. The van der Waals surface area contributed by atoms with Crippen LogP contribution in [0.1, 0.15) is 79.6 Å². The number of aliphatic hydroxyl groups is 1. The van der Waals surface area contributed by atoms with E-state index in [1.807, 2.05) is 13.8 Å². The van der Waals surface area contributed by atoms with Gasteiger partial charge in [0, 0.05) is 17.4 Å². The molecule has 3 heteroatoms. The molecule has 150 valence electrons. The molecule has 3 nitrogen and oxygen atoms in total. The molecule has 0 saturated heterocycles. The van der Waals surface area contributed by atoms with Crippen LogP contribution in [0.25, 0.3) is 0 Å². The Balaban J connectivity index is 1.49. The summed E-state index contributed by atoms with van der Waals surface area (Å²) < 4.78 is 6.59. The Bertz CT molecular complexity index is 684. The molecular weight excluding hydrogens is 336 g/mol. The van der Waals surface area contributed by atoms with Gasteiger partial charge in [-0.1, -0.05) is 26.3 Å². The summed E-state index contributed by atoms with van der Waals surface area (Å²) in [4.78, 5) is 13.4. The molecule has 0 heterocycles. The van der Waals surface area contributed by atoms with Crippen LogP contribution >= 0.6 is 0 Å². The highest BCUT2D eigenvalue weighted by Gasteiger charge is 2.76. The van der Waals surface area contributed by atoms with E-state index in [1.165, 1.54) is 12.8 Å². The van der Waals surface area contributed by atoms with Gasteiger partial charge in [-0.3, -0.25) is 0 Å². The second kappa shape index (κ2) is 5.40. The molecule has 0 aromatic heterocycles. The molecule has 7 rings (SSSR count). The third-order valence-corrected chi connectivity index (χ3v) is 8.92. The van der Waals surface area contributed by atoms with E-state index >= 15 is 0 Å². The van der Waals surface area contributed by atoms with Gasteiger partial charge in [-0.05, 0) is 87.9 Å². The van der Waals surface area contributed by atoms with Crippen molar-refractivity contribution < 1.29 is 14.6 Å². The van der Waals surface area contributed by atoms with E-state index in [9.17, 15) is 9.90 Å². The summed E-state index contributed by atoms with van der Waals surface area (Å²) in [5, 5.41) is 11.6. The Hall–Kier alpha value is -0.830.